The van der Waals surface area contributed by atoms with Gasteiger partial charge in [0.25, 0.3) is 5.91 Å². The van der Waals surface area contributed by atoms with Gasteiger partial charge in [-0.1, -0.05) is 24.3 Å². The van der Waals surface area contributed by atoms with Crippen LogP contribution in [0.3, 0.4) is 0 Å². The van der Waals surface area contributed by atoms with Crippen LogP contribution in [0.4, 0.5) is 15.8 Å². The predicted molar refractivity (Wildman–Crippen MR) is 73.0 cm³/mol. The second-order valence-electron chi connectivity index (χ2n) is 4.38. The summed E-state index contributed by atoms with van der Waals surface area (Å²) >= 11 is 0. The topological polar surface area (TPSA) is 32.3 Å². The van der Waals surface area contributed by atoms with E-state index in [4.69, 9.17) is 0 Å². The molecule has 0 spiro atoms. The fourth-order valence-electron chi connectivity index (χ4n) is 2.27. The molecule has 2 aromatic rings. The third-order valence-corrected chi connectivity index (χ3v) is 3.20. The van der Waals surface area contributed by atoms with Crippen LogP contribution in [0.25, 0.3) is 0 Å². The molecule has 1 heterocycles. The van der Waals surface area contributed by atoms with Gasteiger partial charge in [0.1, 0.15) is 5.82 Å². The maximum absolute atomic E-state index is 13.7. The molecule has 1 aliphatic heterocycles. The van der Waals surface area contributed by atoms with Crippen LogP contribution in [0.2, 0.25) is 0 Å². The molecule has 0 atom stereocenters. The summed E-state index contributed by atoms with van der Waals surface area (Å²) in [5, 5.41) is 3.23. The number of para-hydroxylation sites is 2. The van der Waals surface area contributed by atoms with Crippen LogP contribution in [0.5, 0.6) is 0 Å². The van der Waals surface area contributed by atoms with Crippen molar-refractivity contribution < 1.29 is 9.18 Å². The molecule has 19 heavy (non-hydrogen) atoms. The Balaban J connectivity index is 2.00. The van der Waals surface area contributed by atoms with E-state index in [1.807, 2.05) is 24.3 Å². The standard InChI is InChI=1S/C15H13FN2O/c16-12-6-2-1-5-11(12)15(19)18-10-9-17-13-7-3-4-8-14(13)18/h1-8,17H,9-10H2. The third kappa shape index (κ3) is 2.05. The molecule has 2 aromatic carbocycles. The van der Waals surface area contributed by atoms with E-state index in [9.17, 15) is 9.18 Å². The number of hydrogen-bond acceptors (Lipinski definition) is 2. The molecule has 0 bridgehead atoms. The molecule has 0 aromatic heterocycles. The van der Waals surface area contributed by atoms with Crippen molar-refractivity contribution >= 4 is 17.3 Å². The zero-order chi connectivity index (χ0) is 13.2. The number of halogens is 1. The van der Waals surface area contributed by atoms with E-state index in [2.05, 4.69) is 5.32 Å². The van der Waals surface area contributed by atoms with Gasteiger partial charge in [-0.05, 0) is 24.3 Å². The molecule has 3 rings (SSSR count). The van der Waals surface area contributed by atoms with E-state index >= 15 is 0 Å². The van der Waals surface area contributed by atoms with E-state index in [1.165, 1.54) is 12.1 Å². The Labute approximate surface area is 110 Å². The average molecular weight is 256 g/mol. The van der Waals surface area contributed by atoms with Crippen molar-refractivity contribution in [3.8, 4) is 0 Å². The summed E-state index contributed by atoms with van der Waals surface area (Å²) in [7, 11) is 0. The summed E-state index contributed by atoms with van der Waals surface area (Å²) in [4.78, 5) is 14.1. The second kappa shape index (κ2) is 4.72. The van der Waals surface area contributed by atoms with Crippen molar-refractivity contribution in [2.45, 2.75) is 0 Å². The van der Waals surface area contributed by atoms with Gasteiger partial charge in [-0.25, -0.2) is 4.39 Å². The first-order chi connectivity index (χ1) is 9.27. The lowest BCUT2D eigenvalue weighted by molar-refractivity contribution is 0.0983. The number of fused-ring (bicyclic) bond motifs is 1. The van der Waals surface area contributed by atoms with Crippen molar-refractivity contribution in [1.82, 2.24) is 0 Å². The lowest BCUT2D eigenvalue weighted by Gasteiger charge is -2.30. The Hall–Kier alpha value is -2.36. The SMILES string of the molecule is O=C(c1ccccc1F)N1CCNc2ccccc21. The summed E-state index contributed by atoms with van der Waals surface area (Å²) < 4.78 is 13.7. The van der Waals surface area contributed by atoms with Crippen LogP contribution in [0, 0.1) is 5.82 Å². The molecular weight excluding hydrogens is 243 g/mol. The first kappa shape index (κ1) is 11.7. The summed E-state index contributed by atoms with van der Waals surface area (Å²) in [5.74, 6) is -0.782. The van der Waals surface area contributed by atoms with Crippen LogP contribution >= 0.6 is 0 Å². The molecule has 96 valence electrons. The number of carbonyl (C=O) groups is 1. The zero-order valence-corrected chi connectivity index (χ0v) is 10.3. The number of carbonyl (C=O) groups excluding carboxylic acids is 1. The molecule has 1 N–H and O–H groups in total. The number of rotatable bonds is 1. The maximum atomic E-state index is 13.7. The van der Waals surface area contributed by atoms with Gasteiger partial charge in [-0.3, -0.25) is 4.79 Å². The van der Waals surface area contributed by atoms with Crippen molar-refractivity contribution in [2.75, 3.05) is 23.3 Å². The van der Waals surface area contributed by atoms with Gasteiger partial charge in [0, 0.05) is 13.1 Å². The highest BCUT2D eigenvalue weighted by Crippen LogP contribution is 2.29. The van der Waals surface area contributed by atoms with Crippen LogP contribution < -0.4 is 10.2 Å². The van der Waals surface area contributed by atoms with E-state index in [1.54, 1.807) is 17.0 Å². The Morgan fingerprint density at radius 3 is 2.68 bits per heavy atom. The van der Waals surface area contributed by atoms with Gasteiger partial charge in [0.2, 0.25) is 0 Å². The minimum atomic E-state index is -0.483. The van der Waals surface area contributed by atoms with E-state index in [0.717, 1.165) is 11.4 Å². The fraction of sp³-hybridized carbons (Fsp3) is 0.133. The molecular formula is C15H13FN2O. The molecule has 1 amide bonds. The Kier molecular flexibility index (Phi) is 2.91. The van der Waals surface area contributed by atoms with Crippen molar-refractivity contribution in [1.29, 1.82) is 0 Å². The normalized spacial score (nSPS) is 13.6. The monoisotopic (exact) mass is 256 g/mol. The second-order valence-corrected chi connectivity index (χ2v) is 4.38. The lowest BCUT2D eigenvalue weighted by Crippen LogP contribution is -2.39. The summed E-state index contributed by atoms with van der Waals surface area (Å²) in [6.07, 6.45) is 0. The van der Waals surface area contributed by atoms with Gasteiger partial charge >= 0.3 is 0 Å². The van der Waals surface area contributed by atoms with Gasteiger partial charge < -0.3 is 10.2 Å². The molecule has 1 aliphatic rings. The Morgan fingerprint density at radius 1 is 1.11 bits per heavy atom. The minimum absolute atomic E-state index is 0.110. The van der Waals surface area contributed by atoms with Crippen molar-refractivity contribution in [2.24, 2.45) is 0 Å². The molecule has 0 radical (unpaired) electrons. The molecule has 3 nitrogen and oxygen atoms in total. The first-order valence-electron chi connectivity index (χ1n) is 6.16. The molecule has 0 saturated carbocycles. The Morgan fingerprint density at radius 2 is 1.84 bits per heavy atom. The van der Waals surface area contributed by atoms with E-state index in [0.29, 0.717) is 13.1 Å². The largest absolute Gasteiger partial charge is 0.382 e. The van der Waals surface area contributed by atoms with Gasteiger partial charge in [-0.2, -0.15) is 0 Å². The molecule has 0 fully saturated rings. The average Bonchev–Trinajstić information content (AvgIpc) is 2.46. The van der Waals surface area contributed by atoms with Gasteiger partial charge in [-0.15, -0.1) is 0 Å². The van der Waals surface area contributed by atoms with Crippen LogP contribution in [-0.4, -0.2) is 19.0 Å². The highest BCUT2D eigenvalue weighted by molar-refractivity contribution is 6.08. The molecule has 0 unspecified atom stereocenters. The molecule has 0 saturated heterocycles. The summed E-state index contributed by atoms with van der Waals surface area (Å²) in [5.41, 5.74) is 1.81. The molecule has 4 heteroatoms. The Bertz CT molecular complexity index is 627. The van der Waals surface area contributed by atoms with E-state index < -0.39 is 5.82 Å². The summed E-state index contributed by atoms with van der Waals surface area (Å²) in [6, 6.07) is 13.6. The fourth-order valence-corrected chi connectivity index (χ4v) is 2.27. The minimum Gasteiger partial charge on any atom is -0.382 e. The highest BCUT2D eigenvalue weighted by Gasteiger charge is 2.24. The summed E-state index contributed by atoms with van der Waals surface area (Å²) in [6.45, 7) is 1.20. The van der Waals surface area contributed by atoms with Crippen LogP contribution in [-0.2, 0) is 0 Å². The van der Waals surface area contributed by atoms with Crippen LogP contribution in [0.1, 0.15) is 10.4 Å². The van der Waals surface area contributed by atoms with Crippen molar-refractivity contribution in [3.63, 3.8) is 0 Å². The number of hydrogen-bond donors (Lipinski definition) is 1. The van der Waals surface area contributed by atoms with E-state index in [-0.39, 0.29) is 11.5 Å². The number of amides is 1. The van der Waals surface area contributed by atoms with Crippen LogP contribution in [0.15, 0.2) is 48.5 Å². The number of benzene rings is 2. The zero-order valence-electron chi connectivity index (χ0n) is 10.3. The number of nitrogens with zero attached hydrogens (tertiary/aromatic N) is 1. The highest BCUT2D eigenvalue weighted by atomic mass is 19.1. The van der Waals surface area contributed by atoms with Crippen molar-refractivity contribution in [3.05, 3.63) is 59.9 Å². The predicted octanol–water partition coefficient (Wildman–Crippen LogP) is 2.90. The first-order valence-corrected chi connectivity index (χ1v) is 6.16. The number of anilines is 2. The third-order valence-electron chi connectivity index (χ3n) is 3.20. The van der Waals surface area contributed by atoms with Gasteiger partial charge in [0.15, 0.2) is 0 Å². The maximum Gasteiger partial charge on any atom is 0.261 e. The quantitative estimate of drug-likeness (QED) is 0.850. The smallest absolute Gasteiger partial charge is 0.261 e. The van der Waals surface area contributed by atoms with Gasteiger partial charge in [0.05, 0.1) is 16.9 Å². The number of nitrogens with one attached hydrogen (secondary N) is 1. The lowest BCUT2D eigenvalue weighted by atomic mass is 10.1. The molecule has 0 aliphatic carbocycles.